The van der Waals surface area contributed by atoms with Crippen molar-refractivity contribution in [3.63, 3.8) is 0 Å². The average molecular weight is 222 g/mol. The Bertz CT molecular complexity index is 140. The SMILES string of the molecule is O=C(O)CCCCCCC(S)CS. The Morgan fingerprint density at radius 3 is 2.38 bits per heavy atom. The molecule has 0 aliphatic carbocycles. The topological polar surface area (TPSA) is 37.3 Å². The summed E-state index contributed by atoms with van der Waals surface area (Å²) in [6.07, 6.45) is 5.44. The summed E-state index contributed by atoms with van der Waals surface area (Å²) in [5.41, 5.74) is 0. The van der Waals surface area contributed by atoms with Gasteiger partial charge in [-0.1, -0.05) is 19.3 Å². The number of aliphatic carboxylic acids is 1. The van der Waals surface area contributed by atoms with Gasteiger partial charge in [-0.15, -0.1) is 0 Å². The number of carboxylic acids is 1. The first kappa shape index (κ1) is 13.2. The molecule has 0 aliphatic rings. The molecule has 1 atom stereocenters. The van der Waals surface area contributed by atoms with E-state index in [1.54, 1.807) is 0 Å². The van der Waals surface area contributed by atoms with Crippen LogP contribution in [0.3, 0.4) is 0 Å². The molecule has 0 aromatic rings. The van der Waals surface area contributed by atoms with Crippen LogP contribution in [0.5, 0.6) is 0 Å². The summed E-state index contributed by atoms with van der Waals surface area (Å²) in [5, 5.41) is 8.77. The third-order valence-electron chi connectivity index (χ3n) is 1.89. The van der Waals surface area contributed by atoms with Crippen molar-refractivity contribution in [2.24, 2.45) is 0 Å². The summed E-state index contributed by atoms with van der Waals surface area (Å²) in [6.45, 7) is 0. The third kappa shape index (κ3) is 10.1. The van der Waals surface area contributed by atoms with Crippen LogP contribution in [0, 0.1) is 0 Å². The van der Waals surface area contributed by atoms with E-state index >= 15 is 0 Å². The molecule has 0 amide bonds. The number of thiol groups is 2. The van der Waals surface area contributed by atoms with Crippen molar-refractivity contribution in [2.75, 3.05) is 5.75 Å². The van der Waals surface area contributed by atoms with Crippen molar-refractivity contribution in [3.8, 4) is 0 Å². The van der Waals surface area contributed by atoms with Crippen molar-refractivity contribution in [2.45, 2.75) is 43.8 Å². The largest absolute Gasteiger partial charge is 0.481 e. The first-order valence-corrected chi connectivity index (χ1v) is 5.82. The number of unbranched alkanes of at least 4 members (excludes halogenated alkanes) is 3. The predicted octanol–water partition coefficient (Wildman–Crippen LogP) is 2.64. The number of carbonyl (C=O) groups is 1. The van der Waals surface area contributed by atoms with Crippen LogP contribution in [0.4, 0.5) is 0 Å². The Morgan fingerprint density at radius 1 is 1.23 bits per heavy atom. The maximum Gasteiger partial charge on any atom is 0.303 e. The van der Waals surface area contributed by atoms with Crippen LogP contribution in [-0.2, 0) is 4.79 Å². The van der Waals surface area contributed by atoms with Crippen molar-refractivity contribution < 1.29 is 9.90 Å². The van der Waals surface area contributed by atoms with Gasteiger partial charge in [0.15, 0.2) is 0 Å². The summed E-state index contributed by atoms with van der Waals surface area (Å²) in [7, 11) is 0. The van der Waals surface area contributed by atoms with E-state index in [2.05, 4.69) is 25.3 Å². The molecule has 0 radical (unpaired) electrons. The zero-order valence-corrected chi connectivity index (χ0v) is 9.57. The lowest BCUT2D eigenvalue weighted by Crippen LogP contribution is -1.99. The summed E-state index contributed by atoms with van der Waals surface area (Å²) in [5.74, 6) is 0.126. The van der Waals surface area contributed by atoms with Gasteiger partial charge in [0.2, 0.25) is 0 Å². The van der Waals surface area contributed by atoms with E-state index in [1.807, 2.05) is 0 Å². The Hall–Kier alpha value is 0.170. The highest BCUT2D eigenvalue weighted by Crippen LogP contribution is 2.11. The van der Waals surface area contributed by atoms with Gasteiger partial charge in [-0.05, 0) is 12.8 Å². The zero-order chi connectivity index (χ0) is 10.1. The van der Waals surface area contributed by atoms with Crippen LogP contribution in [-0.4, -0.2) is 22.1 Å². The van der Waals surface area contributed by atoms with Crippen molar-refractivity contribution in [1.82, 2.24) is 0 Å². The van der Waals surface area contributed by atoms with E-state index in [0.717, 1.165) is 37.9 Å². The maximum atomic E-state index is 10.2. The molecule has 1 unspecified atom stereocenters. The standard InChI is InChI=1S/C9H18O2S2/c10-9(11)6-4-2-1-3-5-8(13)7-12/h8,12-13H,1-7H2,(H,10,11). The first-order chi connectivity index (χ1) is 6.16. The lowest BCUT2D eigenvalue weighted by atomic mass is 10.1. The molecule has 0 saturated carbocycles. The van der Waals surface area contributed by atoms with Crippen LogP contribution < -0.4 is 0 Å². The zero-order valence-electron chi connectivity index (χ0n) is 7.78. The minimum atomic E-state index is -0.692. The lowest BCUT2D eigenvalue weighted by molar-refractivity contribution is -0.137. The maximum absolute atomic E-state index is 10.2. The van der Waals surface area contributed by atoms with Crippen LogP contribution in [0.2, 0.25) is 0 Å². The molecule has 13 heavy (non-hydrogen) atoms. The highest BCUT2D eigenvalue weighted by molar-refractivity contribution is 7.84. The fourth-order valence-electron chi connectivity index (χ4n) is 1.10. The van der Waals surface area contributed by atoms with Gasteiger partial charge < -0.3 is 5.11 Å². The van der Waals surface area contributed by atoms with Crippen LogP contribution in [0.15, 0.2) is 0 Å². The van der Waals surface area contributed by atoms with Crippen LogP contribution >= 0.6 is 25.3 Å². The first-order valence-electron chi connectivity index (χ1n) is 4.67. The predicted molar refractivity (Wildman–Crippen MR) is 62.0 cm³/mol. The van der Waals surface area contributed by atoms with E-state index in [-0.39, 0.29) is 0 Å². The second-order valence-electron chi connectivity index (χ2n) is 3.18. The molecule has 4 heteroatoms. The van der Waals surface area contributed by atoms with Gasteiger partial charge in [0.05, 0.1) is 0 Å². The summed E-state index contributed by atoms with van der Waals surface area (Å²) in [4.78, 5) is 10.2. The van der Waals surface area contributed by atoms with E-state index in [9.17, 15) is 4.79 Å². The van der Waals surface area contributed by atoms with Gasteiger partial charge in [-0.2, -0.15) is 25.3 Å². The summed E-state index contributed by atoms with van der Waals surface area (Å²) < 4.78 is 0. The van der Waals surface area contributed by atoms with Gasteiger partial charge in [0.25, 0.3) is 0 Å². The number of rotatable bonds is 8. The van der Waals surface area contributed by atoms with Gasteiger partial charge >= 0.3 is 5.97 Å². The van der Waals surface area contributed by atoms with Crippen LogP contribution in [0.25, 0.3) is 0 Å². The van der Waals surface area contributed by atoms with Gasteiger partial charge in [0.1, 0.15) is 0 Å². The fraction of sp³-hybridized carbons (Fsp3) is 0.889. The van der Waals surface area contributed by atoms with E-state index in [0.29, 0.717) is 11.7 Å². The molecule has 0 heterocycles. The number of carboxylic acid groups (broad SMARTS) is 1. The Balaban J connectivity index is 3.04. The molecule has 2 nitrogen and oxygen atoms in total. The van der Waals surface area contributed by atoms with Crippen molar-refractivity contribution in [3.05, 3.63) is 0 Å². The van der Waals surface area contributed by atoms with Gasteiger partial charge in [0, 0.05) is 17.4 Å². The molecule has 0 spiro atoms. The minimum Gasteiger partial charge on any atom is -0.481 e. The Kier molecular flexibility index (Phi) is 8.87. The average Bonchev–Trinajstić information content (AvgIpc) is 2.10. The minimum absolute atomic E-state index is 0.302. The molecule has 0 aromatic heterocycles. The lowest BCUT2D eigenvalue weighted by Gasteiger charge is -2.05. The summed E-state index contributed by atoms with van der Waals surface area (Å²) in [6, 6.07) is 0. The molecule has 0 saturated heterocycles. The quantitative estimate of drug-likeness (QED) is 0.436. The van der Waals surface area contributed by atoms with Gasteiger partial charge in [-0.3, -0.25) is 4.79 Å². The van der Waals surface area contributed by atoms with E-state index in [4.69, 9.17) is 5.11 Å². The smallest absolute Gasteiger partial charge is 0.303 e. The molecular weight excluding hydrogens is 204 g/mol. The molecule has 0 bridgehead atoms. The third-order valence-corrected chi connectivity index (χ3v) is 3.06. The number of hydrogen-bond donors (Lipinski definition) is 3. The van der Waals surface area contributed by atoms with Crippen molar-refractivity contribution >= 4 is 31.2 Å². The number of hydrogen-bond acceptors (Lipinski definition) is 3. The molecule has 78 valence electrons. The second-order valence-corrected chi connectivity index (χ2v) is 4.28. The fourth-order valence-corrected chi connectivity index (χ4v) is 1.47. The highest BCUT2D eigenvalue weighted by Gasteiger charge is 2.00. The molecule has 0 rings (SSSR count). The van der Waals surface area contributed by atoms with Crippen LogP contribution in [0.1, 0.15) is 38.5 Å². The highest BCUT2D eigenvalue weighted by atomic mass is 32.1. The molecule has 0 fully saturated rings. The Labute approximate surface area is 90.9 Å². The van der Waals surface area contributed by atoms with E-state index in [1.165, 1.54) is 0 Å². The Morgan fingerprint density at radius 2 is 1.85 bits per heavy atom. The van der Waals surface area contributed by atoms with E-state index < -0.39 is 5.97 Å². The normalized spacial score (nSPS) is 12.8. The molecule has 1 N–H and O–H groups in total. The molecular formula is C9H18O2S2. The summed E-state index contributed by atoms with van der Waals surface area (Å²) >= 11 is 8.45. The van der Waals surface area contributed by atoms with Gasteiger partial charge in [-0.25, -0.2) is 0 Å². The molecule has 0 aliphatic heterocycles. The molecule has 0 aromatic carbocycles. The monoisotopic (exact) mass is 222 g/mol. The van der Waals surface area contributed by atoms with Crippen molar-refractivity contribution in [1.29, 1.82) is 0 Å². The second kappa shape index (κ2) is 8.75.